The number of benzene rings is 2. The van der Waals surface area contributed by atoms with E-state index < -0.39 is 6.10 Å². The Kier molecular flexibility index (Phi) is 5.14. The Morgan fingerprint density at radius 2 is 1.92 bits per heavy atom. The molecule has 3 rings (SSSR count). The van der Waals surface area contributed by atoms with Gasteiger partial charge in [0.15, 0.2) is 6.10 Å². The molecule has 1 N–H and O–H groups in total. The molecule has 0 aliphatic carbocycles. The fraction of sp³-hybridized carbons (Fsp3) is 0.167. The molecule has 0 bridgehead atoms. The van der Waals surface area contributed by atoms with Crippen molar-refractivity contribution in [3.63, 3.8) is 0 Å². The van der Waals surface area contributed by atoms with Crippen LogP contribution in [0.15, 0.2) is 57.5 Å². The van der Waals surface area contributed by atoms with Crippen LogP contribution >= 0.6 is 15.9 Å². The van der Waals surface area contributed by atoms with Crippen molar-refractivity contribution in [1.29, 1.82) is 0 Å². The fourth-order valence-electron chi connectivity index (χ4n) is 2.20. The molecule has 1 atom stereocenters. The van der Waals surface area contributed by atoms with Gasteiger partial charge in [-0.3, -0.25) is 4.79 Å². The number of nitrogens with one attached hydrogen (secondary N) is 1. The topological polar surface area (TPSA) is 77.2 Å². The van der Waals surface area contributed by atoms with E-state index in [1.807, 2.05) is 30.3 Å². The van der Waals surface area contributed by atoms with Crippen LogP contribution in [0.5, 0.6) is 5.75 Å². The maximum atomic E-state index is 12.5. The quantitative estimate of drug-likeness (QED) is 0.692. The van der Waals surface area contributed by atoms with Crippen molar-refractivity contribution in [3.8, 4) is 17.1 Å². The molecular weight excluding hydrogens is 386 g/mol. The normalized spacial score (nSPS) is 11.8. The van der Waals surface area contributed by atoms with Gasteiger partial charge in [0.1, 0.15) is 5.75 Å². The van der Waals surface area contributed by atoms with Crippen LogP contribution in [0.1, 0.15) is 12.8 Å². The van der Waals surface area contributed by atoms with Gasteiger partial charge in [-0.1, -0.05) is 33.2 Å². The summed E-state index contributed by atoms with van der Waals surface area (Å²) in [6.45, 7) is 3.41. The highest BCUT2D eigenvalue weighted by Crippen LogP contribution is 2.26. The van der Waals surface area contributed by atoms with Crippen molar-refractivity contribution in [1.82, 2.24) is 10.1 Å². The molecule has 25 heavy (non-hydrogen) atoms. The maximum Gasteiger partial charge on any atom is 0.265 e. The van der Waals surface area contributed by atoms with Crippen molar-refractivity contribution in [2.24, 2.45) is 0 Å². The zero-order valence-electron chi connectivity index (χ0n) is 13.7. The summed E-state index contributed by atoms with van der Waals surface area (Å²) in [5.41, 5.74) is 1.28. The number of aryl methyl sites for hydroxylation is 1. The Morgan fingerprint density at radius 3 is 2.60 bits per heavy atom. The van der Waals surface area contributed by atoms with E-state index in [1.165, 1.54) is 0 Å². The molecule has 1 amide bonds. The first kappa shape index (κ1) is 17.2. The zero-order chi connectivity index (χ0) is 17.8. The molecule has 0 saturated heterocycles. The first-order valence-corrected chi connectivity index (χ1v) is 8.45. The monoisotopic (exact) mass is 401 g/mol. The molecule has 6 nitrogen and oxygen atoms in total. The average molecular weight is 402 g/mol. The third-order valence-electron chi connectivity index (χ3n) is 3.45. The molecule has 0 aliphatic rings. The second-order valence-electron chi connectivity index (χ2n) is 5.39. The minimum Gasteiger partial charge on any atom is -0.481 e. The molecule has 0 saturated carbocycles. The van der Waals surface area contributed by atoms with E-state index in [2.05, 4.69) is 31.4 Å². The largest absolute Gasteiger partial charge is 0.481 e. The van der Waals surface area contributed by atoms with E-state index in [1.54, 1.807) is 32.0 Å². The molecule has 2 aromatic carbocycles. The molecule has 1 heterocycles. The third-order valence-corrected chi connectivity index (χ3v) is 3.98. The minimum atomic E-state index is -0.666. The van der Waals surface area contributed by atoms with Crippen molar-refractivity contribution < 1.29 is 14.1 Å². The molecule has 1 unspecified atom stereocenters. The summed E-state index contributed by atoms with van der Waals surface area (Å²) in [5, 5.41) is 6.76. The van der Waals surface area contributed by atoms with Crippen molar-refractivity contribution in [2.45, 2.75) is 20.0 Å². The predicted octanol–water partition coefficient (Wildman–Crippen LogP) is 4.21. The second kappa shape index (κ2) is 7.48. The van der Waals surface area contributed by atoms with Crippen LogP contribution in [0.3, 0.4) is 0 Å². The lowest BCUT2D eigenvalue weighted by Gasteiger charge is -2.16. The molecule has 0 fully saturated rings. The highest BCUT2D eigenvalue weighted by atomic mass is 79.9. The van der Waals surface area contributed by atoms with E-state index in [-0.39, 0.29) is 5.91 Å². The number of carbonyl (C=O) groups excluding carboxylic acids is 1. The Bertz CT molecular complexity index is 877. The molecular formula is C18H16BrN3O3. The summed E-state index contributed by atoms with van der Waals surface area (Å²) in [7, 11) is 0. The minimum absolute atomic E-state index is 0.268. The maximum absolute atomic E-state index is 12.5. The molecule has 128 valence electrons. The molecule has 0 spiro atoms. The summed E-state index contributed by atoms with van der Waals surface area (Å²) < 4.78 is 11.6. The van der Waals surface area contributed by atoms with Crippen molar-refractivity contribution in [2.75, 3.05) is 5.32 Å². The lowest BCUT2D eigenvalue weighted by Crippen LogP contribution is -2.30. The van der Waals surface area contributed by atoms with Crippen LogP contribution in [0.25, 0.3) is 11.4 Å². The van der Waals surface area contributed by atoms with Crippen molar-refractivity contribution in [3.05, 3.63) is 58.9 Å². The van der Waals surface area contributed by atoms with Crippen molar-refractivity contribution >= 4 is 27.5 Å². The summed E-state index contributed by atoms with van der Waals surface area (Å²) in [6.07, 6.45) is -0.666. The average Bonchev–Trinajstić information content (AvgIpc) is 3.03. The molecule has 7 heteroatoms. The number of hydrogen-bond acceptors (Lipinski definition) is 5. The lowest BCUT2D eigenvalue weighted by molar-refractivity contribution is -0.122. The van der Waals surface area contributed by atoms with Gasteiger partial charge < -0.3 is 14.6 Å². The number of ether oxygens (including phenoxy) is 1. The Morgan fingerprint density at radius 1 is 1.20 bits per heavy atom. The second-order valence-corrected chi connectivity index (χ2v) is 6.30. The van der Waals surface area contributed by atoms with Gasteiger partial charge in [0.25, 0.3) is 5.91 Å². The molecule has 3 aromatic rings. The van der Waals surface area contributed by atoms with E-state index in [0.717, 1.165) is 4.47 Å². The summed E-state index contributed by atoms with van der Waals surface area (Å²) in [5.74, 6) is 1.24. The lowest BCUT2D eigenvalue weighted by atomic mass is 10.1. The Hall–Kier alpha value is -2.67. The highest BCUT2D eigenvalue weighted by molar-refractivity contribution is 9.10. The van der Waals surface area contributed by atoms with E-state index in [9.17, 15) is 4.79 Å². The number of anilines is 1. The number of nitrogens with zero attached hydrogens (tertiary/aromatic N) is 2. The number of carbonyl (C=O) groups is 1. The van der Waals surface area contributed by atoms with Gasteiger partial charge in [0, 0.05) is 17.0 Å². The number of amides is 1. The van der Waals surface area contributed by atoms with Gasteiger partial charge in [0.2, 0.25) is 11.7 Å². The number of aromatic nitrogens is 2. The SMILES string of the molecule is Cc1nc(-c2ccccc2NC(=O)C(C)Oc2ccc(Br)cc2)no1. The number of halogens is 1. The van der Waals surface area contributed by atoms with Crippen LogP contribution < -0.4 is 10.1 Å². The van der Waals surface area contributed by atoms with Gasteiger partial charge in [-0.2, -0.15) is 4.98 Å². The van der Waals surface area contributed by atoms with Crippen LogP contribution in [0, 0.1) is 6.92 Å². The standard InChI is InChI=1S/C18H16BrN3O3/c1-11(24-14-9-7-13(19)8-10-14)18(23)21-16-6-4-3-5-15(16)17-20-12(2)25-22-17/h3-11H,1-2H3,(H,21,23). The van der Waals surface area contributed by atoms with E-state index in [0.29, 0.717) is 28.7 Å². The smallest absolute Gasteiger partial charge is 0.265 e. The van der Waals surface area contributed by atoms with Gasteiger partial charge in [-0.05, 0) is 43.3 Å². The third kappa shape index (κ3) is 4.24. The van der Waals surface area contributed by atoms with Gasteiger partial charge in [-0.15, -0.1) is 0 Å². The number of rotatable bonds is 5. The van der Waals surface area contributed by atoms with Gasteiger partial charge in [-0.25, -0.2) is 0 Å². The predicted molar refractivity (Wildman–Crippen MR) is 97.3 cm³/mol. The van der Waals surface area contributed by atoms with Gasteiger partial charge in [0.05, 0.1) is 5.69 Å². The first-order chi connectivity index (χ1) is 12.0. The number of hydrogen-bond donors (Lipinski definition) is 1. The summed E-state index contributed by atoms with van der Waals surface area (Å²) >= 11 is 3.36. The fourth-order valence-corrected chi connectivity index (χ4v) is 2.47. The van der Waals surface area contributed by atoms with Crippen LogP contribution in [0.2, 0.25) is 0 Å². The van der Waals surface area contributed by atoms with Crippen LogP contribution in [0.4, 0.5) is 5.69 Å². The van der Waals surface area contributed by atoms with Crippen LogP contribution in [-0.4, -0.2) is 22.2 Å². The zero-order valence-corrected chi connectivity index (χ0v) is 15.3. The highest BCUT2D eigenvalue weighted by Gasteiger charge is 2.18. The van der Waals surface area contributed by atoms with Crippen LogP contribution in [-0.2, 0) is 4.79 Å². The number of para-hydroxylation sites is 1. The molecule has 0 aliphatic heterocycles. The Balaban J connectivity index is 1.73. The first-order valence-electron chi connectivity index (χ1n) is 7.66. The Labute approximate surface area is 153 Å². The van der Waals surface area contributed by atoms with E-state index in [4.69, 9.17) is 9.26 Å². The van der Waals surface area contributed by atoms with E-state index >= 15 is 0 Å². The molecule has 0 radical (unpaired) electrons. The van der Waals surface area contributed by atoms with Gasteiger partial charge >= 0.3 is 0 Å². The molecule has 1 aromatic heterocycles. The summed E-state index contributed by atoms with van der Waals surface area (Å²) in [6, 6.07) is 14.6. The summed E-state index contributed by atoms with van der Waals surface area (Å²) in [4.78, 5) is 16.7.